The zero-order valence-electron chi connectivity index (χ0n) is 19.5. The first-order chi connectivity index (χ1) is 16.5. The van der Waals surface area contributed by atoms with Gasteiger partial charge in [-0.05, 0) is 69.1 Å². The van der Waals surface area contributed by atoms with Gasteiger partial charge in [0.2, 0.25) is 0 Å². The molecular formula is C26H28N4O4. The van der Waals surface area contributed by atoms with Crippen LogP contribution >= 0.6 is 0 Å². The molecule has 34 heavy (non-hydrogen) atoms. The number of carbonyl (C=O) groups is 1. The minimum Gasteiger partial charge on any atom is -0.462 e. The number of nitrogens with zero attached hydrogens (tertiary/aromatic N) is 3. The standard InChI is InChI=1S/C26H28N4O4/c1-3-8-30-22(31)20-21(28-24(27-20)26-13-15-9-16(14-26)11-18(26)10-15)29-25(30)34-19-7-5-6-17(12-19)23(32)33-4-2/h5-7,10,12,15-16H,3-4,8-9,11,13-14H2,1-2H3,(H,27,28). The van der Waals surface area contributed by atoms with Crippen molar-refractivity contribution in [1.82, 2.24) is 19.5 Å². The van der Waals surface area contributed by atoms with Gasteiger partial charge in [0.15, 0.2) is 11.2 Å². The molecule has 0 amide bonds. The number of hydrogen-bond acceptors (Lipinski definition) is 6. The van der Waals surface area contributed by atoms with E-state index in [1.165, 1.54) is 16.6 Å². The van der Waals surface area contributed by atoms with Crippen LogP contribution in [0.3, 0.4) is 0 Å². The van der Waals surface area contributed by atoms with E-state index in [2.05, 4.69) is 16.0 Å². The van der Waals surface area contributed by atoms with Crippen molar-refractivity contribution in [2.24, 2.45) is 11.8 Å². The van der Waals surface area contributed by atoms with Gasteiger partial charge in [0, 0.05) is 6.54 Å². The van der Waals surface area contributed by atoms with E-state index in [1.807, 2.05) is 6.92 Å². The fourth-order valence-corrected chi connectivity index (χ4v) is 6.23. The number of nitrogens with one attached hydrogen (secondary N) is 1. The summed E-state index contributed by atoms with van der Waals surface area (Å²) >= 11 is 0. The maximum Gasteiger partial charge on any atom is 0.338 e. The maximum absolute atomic E-state index is 13.5. The number of rotatable bonds is 7. The second-order valence-corrected chi connectivity index (χ2v) is 9.73. The number of carbonyl (C=O) groups excluding carboxylic acids is 1. The minimum absolute atomic E-state index is 0.0642. The molecule has 2 fully saturated rings. The minimum atomic E-state index is -0.423. The van der Waals surface area contributed by atoms with Crippen molar-refractivity contribution >= 4 is 17.1 Å². The highest BCUT2D eigenvalue weighted by molar-refractivity contribution is 5.89. The largest absolute Gasteiger partial charge is 0.462 e. The van der Waals surface area contributed by atoms with Gasteiger partial charge in [0.1, 0.15) is 11.6 Å². The van der Waals surface area contributed by atoms with E-state index < -0.39 is 5.97 Å². The van der Waals surface area contributed by atoms with Crippen molar-refractivity contribution in [2.45, 2.75) is 57.9 Å². The quantitative estimate of drug-likeness (QED) is 0.412. The number of aromatic nitrogens is 4. The highest BCUT2D eigenvalue weighted by Gasteiger charge is 2.55. The van der Waals surface area contributed by atoms with E-state index >= 15 is 0 Å². The lowest BCUT2D eigenvalue weighted by Crippen LogP contribution is -2.28. The monoisotopic (exact) mass is 460 g/mol. The number of hydrogen-bond donors (Lipinski definition) is 1. The van der Waals surface area contributed by atoms with E-state index in [9.17, 15) is 9.59 Å². The van der Waals surface area contributed by atoms with E-state index in [-0.39, 0.29) is 17.0 Å². The second kappa shape index (κ2) is 7.82. The molecule has 0 radical (unpaired) electrons. The Balaban J connectivity index is 1.40. The lowest BCUT2D eigenvalue weighted by atomic mass is 9.74. The van der Waals surface area contributed by atoms with Gasteiger partial charge in [-0.25, -0.2) is 9.78 Å². The van der Waals surface area contributed by atoms with Crippen molar-refractivity contribution in [2.75, 3.05) is 6.61 Å². The molecule has 2 heterocycles. The van der Waals surface area contributed by atoms with Gasteiger partial charge >= 0.3 is 12.0 Å². The molecule has 4 aliphatic carbocycles. The number of ether oxygens (including phenoxy) is 2. The van der Waals surface area contributed by atoms with Gasteiger partial charge in [-0.1, -0.05) is 24.6 Å². The number of fused-ring (bicyclic) bond motifs is 1. The normalized spacial score (nSPS) is 24.6. The molecule has 8 nitrogen and oxygen atoms in total. The molecule has 2 aromatic heterocycles. The van der Waals surface area contributed by atoms with Crippen LogP contribution in [-0.4, -0.2) is 32.1 Å². The Morgan fingerprint density at radius 1 is 1.26 bits per heavy atom. The third-order valence-electron chi connectivity index (χ3n) is 7.48. The van der Waals surface area contributed by atoms with Crippen LogP contribution in [0.25, 0.3) is 11.2 Å². The summed E-state index contributed by atoms with van der Waals surface area (Å²) in [5.74, 6) is 2.21. The molecule has 1 aromatic carbocycles. The van der Waals surface area contributed by atoms with Gasteiger partial charge in [-0.3, -0.25) is 9.36 Å². The van der Waals surface area contributed by atoms with Crippen LogP contribution in [0, 0.1) is 11.8 Å². The van der Waals surface area contributed by atoms with E-state index in [0.29, 0.717) is 41.5 Å². The van der Waals surface area contributed by atoms with Crippen LogP contribution in [0.1, 0.15) is 62.1 Å². The summed E-state index contributed by atoms with van der Waals surface area (Å²) in [6.45, 7) is 4.51. The van der Waals surface area contributed by atoms with Gasteiger partial charge in [0.25, 0.3) is 5.56 Å². The van der Waals surface area contributed by atoms with E-state index in [4.69, 9.17) is 14.5 Å². The molecule has 3 unspecified atom stereocenters. The summed E-state index contributed by atoms with van der Waals surface area (Å²) in [6, 6.07) is 6.88. The summed E-state index contributed by atoms with van der Waals surface area (Å²) in [4.78, 5) is 38.5. The Bertz CT molecular complexity index is 1390. The van der Waals surface area contributed by atoms with Crippen LogP contribution in [0.5, 0.6) is 11.8 Å². The average molecular weight is 461 g/mol. The average Bonchev–Trinajstić information content (AvgIpc) is 3.44. The van der Waals surface area contributed by atoms with E-state index in [0.717, 1.165) is 37.4 Å². The topological polar surface area (TPSA) is 99.1 Å². The summed E-state index contributed by atoms with van der Waals surface area (Å²) < 4.78 is 12.7. The highest BCUT2D eigenvalue weighted by Crippen LogP contribution is 2.62. The smallest absolute Gasteiger partial charge is 0.338 e. The first-order valence-electron chi connectivity index (χ1n) is 12.2. The predicted octanol–water partition coefficient (Wildman–Crippen LogP) is 4.50. The number of allylic oxidation sites excluding steroid dienone is 2. The van der Waals surface area contributed by atoms with Crippen molar-refractivity contribution in [3.05, 3.63) is 57.7 Å². The molecular weight excluding hydrogens is 432 g/mol. The lowest BCUT2D eigenvalue weighted by molar-refractivity contribution is 0.0526. The van der Waals surface area contributed by atoms with E-state index in [1.54, 1.807) is 31.2 Å². The number of aromatic amines is 1. The number of benzene rings is 1. The Hall–Kier alpha value is -3.42. The molecule has 1 N–H and O–H groups in total. The fraction of sp³-hybridized carbons (Fsp3) is 0.462. The highest BCUT2D eigenvalue weighted by atomic mass is 16.5. The van der Waals surface area contributed by atoms with Gasteiger partial charge < -0.3 is 14.5 Å². The lowest BCUT2D eigenvalue weighted by Gasteiger charge is -2.30. The van der Waals surface area contributed by atoms with Crippen molar-refractivity contribution in [3.8, 4) is 11.8 Å². The summed E-state index contributed by atoms with van der Waals surface area (Å²) in [7, 11) is 0. The Morgan fingerprint density at radius 3 is 2.94 bits per heavy atom. The first-order valence-corrected chi connectivity index (χ1v) is 12.2. The number of H-pyrrole nitrogens is 1. The van der Waals surface area contributed by atoms with Crippen molar-refractivity contribution in [1.29, 1.82) is 0 Å². The van der Waals surface area contributed by atoms with Crippen LogP contribution in [0.15, 0.2) is 40.7 Å². The molecule has 4 aliphatic rings. The Labute approximate surface area is 197 Å². The van der Waals surface area contributed by atoms with Crippen LogP contribution < -0.4 is 10.3 Å². The Kier molecular flexibility index (Phi) is 4.86. The molecule has 7 rings (SSSR count). The van der Waals surface area contributed by atoms with Gasteiger partial charge in [-0.15, -0.1) is 0 Å². The zero-order valence-corrected chi connectivity index (χ0v) is 19.5. The maximum atomic E-state index is 13.5. The van der Waals surface area contributed by atoms with Crippen molar-refractivity contribution in [3.63, 3.8) is 0 Å². The summed E-state index contributed by atoms with van der Waals surface area (Å²) in [5, 5.41) is 0. The third-order valence-corrected chi connectivity index (χ3v) is 7.48. The van der Waals surface area contributed by atoms with Crippen LogP contribution in [-0.2, 0) is 16.7 Å². The van der Waals surface area contributed by atoms with Crippen LogP contribution in [0.4, 0.5) is 0 Å². The molecule has 0 spiro atoms. The summed E-state index contributed by atoms with van der Waals surface area (Å²) in [5.41, 5.74) is 2.42. The fourth-order valence-electron chi connectivity index (χ4n) is 6.23. The van der Waals surface area contributed by atoms with Crippen LogP contribution in [0.2, 0.25) is 0 Å². The first kappa shape index (κ1) is 21.1. The number of esters is 1. The third kappa shape index (κ3) is 3.19. The zero-order chi connectivity index (χ0) is 23.4. The second-order valence-electron chi connectivity index (χ2n) is 9.73. The summed E-state index contributed by atoms with van der Waals surface area (Å²) in [6.07, 6.45) is 7.77. The molecule has 4 bridgehead atoms. The van der Waals surface area contributed by atoms with Crippen molar-refractivity contribution < 1.29 is 14.3 Å². The molecule has 3 atom stereocenters. The molecule has 8 heteroatoms. The SMILES string of the molecule is CCCn1c(Oc2cccc(C(=O)OCC)c2)nc2nc(C34CC5C=C3CC(C5)C4)[nH]c2c1=O. The Morgan fingerprint density at radius 2 is 2.15 bits per heavy atom. The van der Waals surface area contributed by atoms with Gasteiger partial charge in [0.05, 0.1) is 17.6 Å². The molecule has 2 saturated carbocycles. The molecule has 0 aliphatic heterocycles. The number of imidazole rings is 1. The molecule has 0 saturated heterocycles. The van der Waals surface area contributed by atoms with Gasteiger partial charge in [-0.2, -0.15) is 4.98 Å². The predicted molar refractivity (Wildman–Crippen MR) is 126 cm³/mol. The molecule has 176 valence electrons. The molecule has 3 aromatic rings.